The number of carbonyl (C=O) groups is 2. The first-order valence-corrected chi connectivity index (χ1v) is 14.4. The van der Waals surface area contributed by atoms with E-state index >= 15 is 0 Å². The minimum atomic E-state index is -3.06. The van der Waals surface area contributed by atoms with Crippen molar-refractivity contribution >= 4 is 24.2 Å². The number of alkyl halides is 2. The van der Waals surface area contributed by atoms with Gasteiger partial charge < -0.3 is 24.4 Å². The van der Waals surface area contributed by atoms with Gasteiger partial charge in [-0.15, -0.1) is 0 Å². The first-order valence-electron chi connectivity index (χ1n) is 14.4. The predicted octanol–water partition coefficient (Wildman–Crippen LogP) is 4.45. The Bertz CT molecular complexity index is 1130. The van der Waals surface area contributed by atoms with Crippen LogP contribution in [0.4, 0.5) is 8.78 Å². The fraction of sp³-hybridized carbons (Fsp3) is 0.677. The van der Waals surface area contributed by atoms with E-state index in [1.54, 1.807) is 12.1 Å². The molecule has 1 heterocycles. The summed E-state index contributed by atoms with van der Waals surface area (Å²) in [6.07, 6.45) is 9.06. The molecule has 0 aromatic heterocycles. The highest BCUT2D eigenvalue weighted by atomic mass is 19.3. The van der Waals surface area contributed by atoms with Gasteiger partial charge >= 0.3 is 12.6 Å². The van der Waals surface area contributed by atoms with Crippen LogP contribution in [0, 0.1) is 17.8 Å². The standard InChI is InChI=1S/C31H46F2N2O5/c1-20-7-9-22(10-12-24(20)17-27(36)40-31(3,4)5)18-35-19-26-23(11-8-21(35)2)13-14-25(28(26)39-30(32)33)29(37)34-15-16-38-6/h11,13-14,19-22,24,30H,7-10,12,15-18H2,1-6H3,(H,34,37). The van der Waals surface area contributed by atoms with Crippen LogP contribution in [0.15, 0.2) is 12.1 Å². The molecule has 9 heteroatoms. The van der Waals surface area contributed by atoms with Gasteiger partial charge in [-0.2, -0.15) is 8.78 Å². The van der Waals surface area contributed by atoms with Crippen molar-refractivity contribution in [3.8, 4) is 5.75 Å². The number of methoxy groups -OCH3 is 1. The number of esters is 1. The van der Waals surface area contributed by atoms with E-state index in [1.807, 2.05) is 33.0 Å². The maximum absolute atomic E-state index is 13.5. The Balaban J connectivity index is 1.83. The SMILES string of the molecule is COCCNC(=O)c1ccc2c(c1OC(F)F)=CN(CC1CCC(C)C(CC(=O)OC(C)(C)C)CC1)C(C)CC=2. The number of nitrogens with one attached hydrogen (secondary N) is 1. The highest BCUT2D eigenvalue weighted by molar-refractivity contribution is 5.97. The summed E-state index contributed by atoms with van der Waals surface area (Å²) in [6.45, 7) is 8.27. The highest BCUT2D eigenvalue weighted by Crippen LogP contribution is 2.35. The summed E-state index contributed by atoms with van der Waals surface area (Å²) >= 11 is 0. The Morgan fingerprint density at radius 3 is 2.52 bits per heavy atom. The van der Waals surface area contributed by atoms with Crippen molar-refractivity contribution < 1.29 is 32.6 Å². The molecule has 1 N–H and O–H groups in total. The normalized spacial score (nSPS) is 23.3. The van der Waals surface area contributed by atoms with E-state index < -0.39 is 18.1 Å². The molecule has 1 aromatic carbocycles. The van der Waals surface area contributed by atoms with Gasteiger partial charge in [0.05, 0.1) is 12.2 Å². The number of benzene rings is 1. The van der Waals surface area contributed by atoms with E-state index in [0.29, 0.717) is 30.1 Å². The molecule has 0 saturated heterocycles. The van der Waals surface area contributed by atoms with E-state index in [0.717, 1.165) is 43.9 Å². The summed E-state index contributed by atoms with van der Waals surface area (Å²) in [4.78, 5) is 27.6. The molecule has 2 aliphatic rings. The molecule has 0 radical (unpaired) electrons. The van der Waals surface area contributed by atoms with Crippen molar-refractivity contribution in [1.29, 1.82) is 0 Å². The van der Waals surface area contributed by atoms with Crippen LogP contribution in [0.3, 0.4) is 0 Å². The van der Waals surface area contributed by atoms with Crippen LogP contribution < -0.4 is 20.5 Å². The lowest BCUT2D eigenvalue weighted by Gasteiger charge is -2.30. The Morgan fingerprint density at radius 2 is 1.85 bits per heavy atom. The van der Waals surface area contributed by atoms with Crippen molar-refractivity contribution in [2.45, 2.75) is 91.4 Å². The van der Waals surface area contributed by atoms with E-state index in [-0.39, 0.29) is 35.8 Å². The molecule has 1 fully saturated rings. The third kappa shape index (κ3) is 9.18. The van der Waals surface area contributed by atoms with Crippen molar-refractivity contribution in [1.82, 2.24) is 10.2 Å². The number of hydrogen-bond acceptors (Lipinski definition) is 6. The van der Waals surface area contributed by atoms with Crippen LogP contribution in [-0.2, 0) is 14.3 Å². The van der Waals surface area contributed by atoms with Gasteiger partial charge in [-0.25, -0.2) is 0 Å². The number of nitrogens with zero attached hydrogens (tertiary/aromatic N) is 1. The Kier molecular flexibility index (Phi) is 11.4. The van der Waals surface area contributed by atoms with Crippen molar-refractivity contribution in [2.75, 3.05) is 26.8 Å². The lowest BCUT2D eigenvalue weighted by Crippen LogP contribution is -2.36. The third-order valence-corrected chi connectivity index (χ3v) is 7.91. The smallest absolute Gasteiger partial charge is 0.387 e. The van der Waals surface area contributed by atoms with Gasteiger partial charge in [-0.05, 0) is 82.4 Å². The van der Waals surface area contributed by atoms with Gasteiger partial charge in [0.15, 0.2) is 0 Å². The van der Waals surface area contributed by atoms with Crippen LogP contribution in [0.25, 0.3) is 12.3 Å². The largest absolute Gasteiger partial charge is 0.460 e. The van der Waals surface area contributed by atoms with Crippen molar-refractivity contribution in [3.63, 3.8) is 0 Å². The zero-order chi connectivity index (χ0) is 29.4. The number of rotatable bonds is 10. The summed E-state index contributed by atoms with van der Waals surface area (Å²) in [5.74, 6) is 0.364. The van der Waals surface area contributed by atoms with Crippen molar-refractivity contribution in [2.24, 2.45) is 17.8 Å². The summed E-state index contributed by atoms with van der Waals surface area (Å²) in [7, 11) is 1.52. The van der Waals surface area contributed by atoms with Gasteiger partial charge in [0.25, 0.3) is 5.91 Å². The van der Waals surface area contributed by atoms with Crippen molar-refractivity contribution in [3.05, 3.63) is 28.1 Å². The zero-order valence-corrected chi connectivity index (χ0v) is 24.8. The topological polar surface area (TPSA) is 77.1 Å². The van der Waals surface area contributed by atoms with Crippen LogP contribution in [0.2, 0.25) is 0 Å². The molecule has 0 spiro atoms. The molecule has 1 aliphatic carbocycles. The molecule has 40 heavy (non-hydrogen) atoms. The molecule has 4 atom stereocenters. The van der Waals surface area contributed by atoms with E-state index in [9.17, 15) is 18.4 Å². The van der Waals surface area contributed by atoms with Gasteiger partial charge in [-0.3, -0.25) is 9.59 Å². The number of amides is 1. The predicted molar refractivity (Wildman–Crippen MR) is 151 cm³/mol. The molecule has 1 aliphatic heterocycles. The lowest BCUT2D eigenvalue weighted by atomic mass is 9.87. The average molecular weight is 565 g/mol. The molecule has 3 rings (SSSR count). The molecule has 4 unspecified atom stereocenters. The van der Waals surface area contributed by atoms with E-state index in [2.05, 4.69) is 24.1 Å². The maximum Gasteiger partial charge on any atom is 0.387 e. The third-order valence-electron chi connectivity index (χ3n) is 7.91. The number of hydrogen-bond donors (Lipinski definition) is 1. The Hall–Kier alpha value is -2.68. The number of halogens is 2. The lowest BCUT2D eigenvalue weighted by molar-refractivity contribution is -0.156. The zero-order valence-electron chi connectivity index (χ0n) is 24.8. The summed E-state index contributed by atoms with van der Waals surface area (Å²) in [5.41, 5.74) is -0.417. The molecule has 224 valence electrons. The number of ether oxygens (including phenoxy) is 3. The van der Waals surface area contributed by atoms with E-state index in [1.165, 1.54) is 7.11 Å². The molecule has 0 bridgehead atoms. The minimum Gasteiger partial charge on any atom is -0.460 e. The number of fused-ring (bicyclic) bond motifs is 1. The Morgan fingerprint density at radius 1 is 1.12 bits per heavy atom. The van der Waals surface area contributed by atoms with E-state index in [4.69, 9.17) is 14.2 Å². The molecule has 1 amide bonds. The van der Waals surface area contributed by atoms with Gasteiger partial charge in [0.2, 0.25) is 0 Å². The Labute approximate surface area is 236 Å². The van der Waals surface area contributed by atoms with Gasteiger partial charge in [0.1, 0.15) is 11.4 Å². The first kappa shape index (κ1) is 31.8. The maximum atomic E-state index is 13.5. The van der Waals surface area contributed by atoms with Gasteiger partial charge in [0, 0.05) is 44.1 Å². The molecule has 1 saturated carbocycles. The first-order chi connectivity index (χ1) is 18.9. The minimum absolute atomic E-state index is 0.0718. The molecule has 7 nitrogen and oxygen atoms in total. The second kappa shape index (κ2) is 14.3. The summed E-state index contributed by atoms with van der Waals surface area (Å²) in [5, 5.41) is 3.97. The fourth-order valence-corrected chi connectivity index (χ4v) is 5.64. The quantitative estimate of drug-likeness (QED) is 0.257. The van der Waals surface area contributed by atoms with Crippen LogP contribution in [0.5, 0.6) is 5.75 Å². The second-order valence-corrected chi connectivity index (χ2v) is 12.2. The summed E-state index contributed by atoms with van der Waals surface area (Å²) < 4.78 is 42.6. The molecule has 1 aromatic rings. The van der Waals surface area contributed by atoms with Gasteiger partial charge in [-0.1, -0.05) is 25.5 Å². The van der Waals surface area contributed by atoms with Crippen LogP contribution in [0.1, 0.15) is 83.5 Å². The summed E-state index contributed by atoms with van der Waals surface area (Å²) in [6, 6.07) is 3.48. The average Bonchev–Trinajstić information content (AvgIpc) is 3.12. The fourth-order valence-electron chi connectivity index (χ4n) is 5.64. The number of carbonyl (C=O) groups excluding carboxylic acids is 2. The highest BCUT2D eigenvalue weighted by Gasteiger charge is 2.30. The second-order valence-electron chi connectivity index (χ2n) is 12.2. The molecular weight excluding hydrogens is 518 g/mol. The van der Waals surface area contributed by atoms with Crippen LogP contribution >= 0.6 is 0 Å². The molecular formula is C31H46F2N2O5. The monoisotopic (exact) mass is 564 g/mol. The van der Waals surface area contributed by atoms with Crippen LogP contribution in [-0.4, -0.2) is 61.8 Å².